The predicted molar refractivity (Wildman–Crippen MR) is 87.6 cm³/mol. The first kappa shape index (κ1) is 18.1. The lowest BCUT2D eigenvalue weighted by atomic mass is 10.0. The zero-order chi connectivity index (χ0) is 15.8. The van der Waals surface area contributed by atoms with Crippen LogP contribution in [0.5, 0.6) is 0 Å². The molecule has 3 N–H and O–H groups in total. The molecule has 0 aliphatic heterocycles. The van der Waals surface area contributed by atoms with Crippen LogP contribution in [0.2, 0.25) is 0 Å². The van der Waals surface area contributed by atoms with Gasteiger partial charge in [-0.05, 0) is 32.5 Å². The minimum Gasteiger partial charge on any atom is -0.383 e. The van der Waals surface area contributed by atoms with E-state index in [2.05, 4.69) is 31.3 Å². The van der Waals surface area contributed by atoms with Crippen LogP contribution in [0, 0.1) is 6.92 Å². The number of nitrogens with two attached hydrogens (primary N) is 1. The van der Waals surface area contributed by atoms with Crippen LogP contribution in [-0.4, -0.2) is 50.7 Å². The number of ether oxygens (including phenoxy) is 1. The summed E-state index contributed by atoms with van der Waals surface area (Å²) in [5.74, 6) is -0.00358. The first-order valence-corrected chi connectivity index (χ1v) is 8.09. The number of thiophene rings is 1. The summed E-state index contributed by atoms with van der Waals surface area (Å²) < 4.78 is 4.93. The molecule has 0 bridgehead atoms. The maximum absolute atomic E-state index is 11.9. The van der Waals surface area contributed by atoms with Crippen LogP contribution in [0.15, 0.2) is 12.1 Å². The number of carbonyl (C=O) groups is 1. The van der Waals surface area contributed by atoms with E-state index in [4.69, 9.17) is 10.5 Å². The van der Waals surface area contributed by atoms with Crippen LogP contribution in [0.1, 0.15) is 29.1 Å². The molecule has 6 heteroatoms. The van der Waals surface area contributed by atoms with E-state index in [0.717, 1.165) is 6.42 Å². The SMILES string of the molecule is CCC(N)C(c1ccc(C)s1)N(C)CC(=O)NCCOC. The second kappa shape index (κ2) is 9.15. The van der Waals surface area contributed by atoms with Crippen molar-refractivity contribution in [1.82, 2.24) is 10.2 Å². The molecule has 5 nitrogen and oxygen atoms in total. The molecule has 120 valence electrons. The Bertz CT molecular complexity index is 436. The summed E-state index contributed by atoms with van der Waals surface area (Å²) >= 11 is 1.74. The number of amides is 1. The van der Waals surface area contributed by atoms with E-state index in [-0.39, 0.29) is 18.0 Å². The summed E-state index contributed by atoms with van der Waals surface area (Å²) in [6, 6.07) is 4.29. The maximum Gasteiger partial charge on any atom is 0.234 e. The van der Waals surface area contributed by atoms with E-state index in [1.165, 1.54) is 9.75 Å². The summed E-state index contributed by atoms with van der Waals surface area (Å²) in [7, 11) is 3.57. The minimum atomic E-state index is -0.00358. The molecule has 2 unspecified atom stereocenters. The number of likely N-dealkylation sites (N-methyl/N-ethyl adjacent to an activating group) is 1. The van der Waals surface area contributed by atoms with Crippen LogP contribution in [0.3, 0.4) is 0 Å². The minimum absolute atomic E-state index is 0.00358. The fourth-order valence-electron chi connectivity index (χ4n) is 2.26. The van der Waals surface area contributed by atoms with Crippen molar-refractivity contribution in [2.75, 3.05) is 33.9 Å². The van der Waals surface area contributed by atoms with Crippen LogP contribution >= 0.6 is 11.3 Å². The Morgan fingerprint density at radius 3 is 2.76 bits per heavy atom. The monoisotopic (exact) mass is 313 g/mol. The summed E-state index contributed by atoms with van der Waals surface area (Å²) in [5.41, 5.74) is 6.27. The van der Waals surface area contributed by atoms with E-state index >= 15 is 0 Å². The molecular weight excluding hydrogens is 286 g/mol. The molecule has 0 fully saturated rings. The number of carbonyl (C=O) groups excluding carboxylic acids is 1. The molecule has 1 aromatic rings. The van der Waals surface area contributed by atoms with Crippen molar-refractivity contribution >= 4 is 17.2 Å². The molecule has 1 aromatic heterocycles. The third kappa shape index (κ3) is 5.74. The third-order valence-electron chi connectivity index (χ3n) is 3.43. The Kier molecular flexibility index (Phi) is 7.88. The number of hydrogen-bond acceptors (Lipinski definition) is 5. The average Bonchev–Trinajstić information content (AvgIpc) is 2.85. The first-order chi connectivity index (χ1) is 9.99. The highest BCUT2D eigenvalue weighted by Gasteiger charge is 2.25. The van der Waals surface area contributed by atoms with Gasteiger partial charge in [-0.2, -0.15) is 0 Å². The molecule has 21 heavy (non-hydrogen) atoms. The van der Waals surface area contributed by atoms with Crippen molar-refractivity contribution < 1.29 is 9.53 Å². The van der Waals surface area contributed by atoms with E-state index in [1.807, 2.05) is 11.9 Å². The summed E-state index contributed by atoms with van der Waals surface area (Å²) in [5, 5.41) is 2.84. The Morgan fingerprint density at radius 2 is 2.24 bits per heavy atom. The van der Waals surface area contributed by atoms with Gasteiger partial charge in [0, 0.05) is 29.5 Å². The smallest absolute Gasteiger partial charge is 0.234 e. The highest BCUT2D eigenvalue weighted by molar-refractivity contribution is 7.12. The second-order valence-corrected chi connectivity index (χ2v) is 6.54. The van der Waals surface area contributed by atoms with Gasteiger partial charge in [-0.25, -0.2) is 0 Å². The van der Waals surface area contributed by atoms with Crippen LogP contribution in [0.25, 0.3) is 0 Å². The summed E-state index contributed by atoms with van der Waals surface area (Å²) in [6.45, 7) is 5.55. The van der Waals surface area contributed by atoms with Gasteiger partial charge in [0.25, 0.3) is 0 Å². The molecular formula is C15H27N3O2S. The fraction of sp³-hybridized carbons (Fsp3) is 0.667. The van der Waals surface area contributed by atoms with Crippen molar-refractivity contribution in [2.24, 2.45) is 5.73 Å². The average molecular weight is 313 g/mol. The number of aryl methyl sites for hydroxylation is 1. The van der Waals surface area contributed by atoms with Crippen molar-refractivity contribution in [2.45, 2.75) is 32.4 Å². The van der Waals surface area contributed by atoms with Crippen molar-refractivity contribution in [3.63, 3.8) is 0 Å². The molecule has 1 heterocycles. The van der Waals surface area contributed by atoms with Crippen LogP contribution < -0.4 is 11.1 Å². The number of nitrogens with one attached hydrogen (secondary N) is 1. The lowest BCUT2D eigenvalue weighted by Crippen LogP contribution is -2.43. The molecule has 0 aliphatic carbocycles. The van der Waals surface area contributed by atoms with Gasteiger partial charge in [-0.1, -0.05) is 6.92 Å². The molecule has 1 amide bonds. The lowest BCUT2D eigenvalue weighted by Gasteiger charge is -2.31. The fourth-order valence-corrected chi connectivity index (χ4v) is 3.38. The maximum atomic E-state index is 11.9. The molecule has 1 rings (SSSR count). The van der Waals surface area contributed by atoms with E-state index in [1.54, 1.807) is 18.4 Å². The zero-order valence-corrected chi connectivity index (χ0v) is 14.2. The second-order valence-electron chi connectivity index (χ2n) is 5.22. The molecule has 0 aliphatic rings. The molecule has 0 saturated heterocycles. The number of hydrogen-bond donors (Lipinski definition) is 2. The predicted octanol–water partition coefficient (Wildman–Crippen LogP) is 1.53. The van der Waals surface area contributed by atoms with Gasteiger partial charge in [-0.3, -0.25) is 9.69 Å². The zero-order valence-electron chi connectivity index (χ0n) is 13.4. The molecule has 0 aromatic carbocycles. The molecule has 0 saturated carbocycles. The van der Waals surface area contributed by atoms with Gasteiger partial charge in [0.15, 0.2) is 0 Å². The topological polar surface area (TPSA) is 67.6 Å². The van der Waals surface area contributed by atoms with Crippen LogP contribution in [-0.2, 0) is 9.53 Å². The highest BCUT2D eigenvalue weighted by atomic mass is 32.1. The van der Waals surface area contributed by atoms with Gasteiger partial charge < -0.3 is 15.8 Å². The highest BCUT2D eigenvalue weighted by Crippen LogP contribution is 2.29. The lowest BCUT2D eigenvalue weighted by molar-refractivity contribution is -0.122. The standard InChI is InChI=1S/C15H27N3O2S/c1-5-12(16)15(13-7-6-11(2)21-13)18(3)10-14(19)17-8-9-20-4/h6-7,12,15H,5,8-10,16H2,1-4H3,(H,17,19). The Hall–Kier alpha value is -0.950. The number of methoxy groups -OCH3 is 1. The number of nitrogens with zero attached hydrogens (tertiary/aromatic N) is 1. The normalized spacial score (nSPS) is 14.2. The van der Waals surface area contributed by atoms with Crippen molar-refractivity contribution in [1.29, 1.82) is 0 Å². The van der Waals surface area contributed by atoms with E-state index < -0.39 is 0 Å². The van der Waals surface area contributed by atoms with E-state index in [9.17, 15) is 4.79 Å². The molecule has 0 radical (unpaired) electrons. The number of rotatable bonds is 9. The Balaban J connectivity index is 2.68. The third-order valence-corrected chi connectivity index (χ3v) is 4.50. The molecule has 0 spiro atoms. The van der Waals surface area contributed by atoms with Crippen molar-refractivity contribution in [3.8, 4) is 0 Å². The van der Waals surface area contributed by atoms with E-state index in [0.29, 0.717) is 19.7 Å². The molecule has 2 atom stereocenters. The van der Waals surface area contributed by atoms with Gasteiger partial charge in [0.05, 0.1) is 19.2 Å². The summed E-state index contributed by atoms with van der Waals surface area (Å²) in [4.78, 5) is 16.4. The van der Waals surface area contributed by atoms with Gasteiger partial charge in [0.2, 0.25) is 5.91 Å². The Labute approximate surface area is 131 Å². The Morgan fingerprint density at radius 1 is 1.52 bits per heavy atom. The quantitative estimate of drug-likeness (QED) is 0.679. The summed E-state index contributed by atoms with van der Waals surface area (Å²) in [6.07, 6.45) is 0.872. The first-order valence-electron chi connectivity index (χ1n) is 7.27. The van der Waals surface area contributed by atoms with Gasteiger partial charge >= 0.3 is 0 Å². The van der Waals surface area contributed by atoms with Crippen molar-refractivity contribution in [3.05, 3.63) is 21.9 Å². The van der Waals surface area contributed by atoms with Crippen LogP contribution in [0.4, 0.5) is 0 Å². The van der Waals surface area contributed by atoms with Gasteiger partial charge in [-0.15, -0.1) is 11.3 Å². The van der Waals surface area contributed by atoms with Gasteiger partial charge in [0.1, 0.15) is 0 Å². The largest absolute Gasteiger partial charge is 0.383 e.